The van der Waals surface area contributed by atoms with E-state index in [0.29, 0.717) is 5.92 Å². The molecule has 1 aromatic carbocycles. The fourth-order valence-electron chi connectivity index (χ4n) is 2.17. The van der Waals surface area contributed by atoms with Gasteiger partial charge in [0.15, 0.2) is 0 Å². The van der Waals surface area contributed by atoms with E-state index in [1.807, 2.05) is 13.0 Å². The van der Waals surface area contributed by atoms with E-state index in [-0.39, 0.29) is 6.42 Å². The SMILES string of the molecule is Cc1cc2occ(CC(=O)O)c2cc1C(C)C. The first-order valence-corrected chi connectivity index (χ1v) is 5.71. The molecule has 3 heteroatoms. The maximum absolute atomic E-state index is 10.8. The predicted molar refractivity (Wildman–Crippen MR) is 66.4 cm³/mol. The van der Waals surface area contributed by atoms with Crippen LogP contribution in [0, 0.1) is 6.92 Å². The smallest absolute Gasteiger partial charge is 0.307 e. The number of hydrogen-bond acceptors (Lipinski definition) is 2. The van der Waals surface area contributed by atoms with Gasteiger partial charge in [0.05, 0.1) is 12.7 Å². The van der Waals surface area contributed by atoms with Crippen molar-refractivity contribution in [3.63, 3.8) is 0 Å². The van der Waals surface area contributed by atoms with Crippen LogP contribution >= 0.6 is 0 Å². The highest BCUT2D eigenvalue weighted by Crippen LogP contribution is 2.29. The quantitative estimate of drug-likeness (QED) is 0.881. The summed E-state index contributed by atoms with van der Waals surface area (Å²) in [4.78, 5) is 10.8. The highest BCUT2D eigenvalue weighted by atomic mass is 16.4. The Morgan fingerprint density at radius 1 is 1.41 bits per heavy atom. The van der Waals surface area contributed by atoms with E-state index in [2.05, 4.69) is 19.9 Å². The Balaban J connectivity index is 2.59. The van der Waals surface area contributed by atoms with Gasteiger partial charge in [-0.25, -0.2) is 0 Å². The molecule has 0 saturated heterocycles. The first kappa shape index (κ1) is 11.7. The van der Waals surface area contributed by atoms with Crippen molar-refractivity contribution < 1.29 is 14.3 Å². The van der Waals surface area contributed by atoms with Gasteiger partial charge in [0, 0.05) is 10.9 Å². The highest BCUT2D eigenvalue weighted by Gasteiger charge is 2.13. The summed E-state index contributed by atoms with van der Waals surface area (Å²) in [6, 6.07) is 4.03. The van der Waals surface area contributed by atoms with Gasteiger partial charge in [-0.2, -0.15) is 0 Å². The van der Waals surface area contributed by atoms with Gasteiger partial charge >= 0.3 is 5.97 Å². The third-order valence-corrected chi connectivity index (χ3v) is 3.01. The maximum atomic E-state index is 10.8. The Labute approximate surface area is 100 Å². The van der Waals surface area contributed by atoms with E-state index in [9.17, 15) is 4.79 Å². The average Bonchev–Trinajstić information content (AvgIpc) is 2.58. The molecule has 0 spiro atoms. The van der Waals surface area contributed by atoms with E-state index in [4.69, 9.17) is 9.52 Å². The number of aryl methyl sites for hydroxylation is 1. The van der Waals surface area contributed by atoms with E-state index in [0.717, 1.165) is 16.5 Å². The minimum atomic E-state index is -0.834. The number of carboxylic acid groups (broad SMARTS) is 1. The number of benzene rings is 1. The number of aliphatic carboxylic acids is 1. The van der Waals surface area contributed by atoms with Crippen molar-refractivity contribution in [2.75, 3.05) is 0 Å². The van der Waals surface area contributed by atoms with Crippen molar-refractivity contribution in [2.24, 2.45) is 0 Å². The molecule has 90 valence electrons. The number of fused-ring (bicyclic) bond motifs is 1. The van der Waals surface area contributed by atoms with Gasteiger partial charge < -0.3 is 9.52 Å². The second-order valence-corrected chi connectivity index (χ2v) is 4.69. The van der Waals surface area contributed by atoms with Crippen LogP contribution in [0.25, 0.3) is 11.0 Å². The van der Waals surface area contributed by atoms with E-state index >= 15 is 0 Å². The molecule has 0 fully saturated rings. The normalized spacial score (nSPS) is 11.3. The minimum absolute atomic E-state index is 0.00754. The first-order chi connectivity index (χ1) is 7.99. The van der Waals surface area contributed by atoms with Crippen molar-refractivity contribution in [2.45, 2.75) is 33.1 Å². The predicted octanol–water partition coefficient (Wildman–Crippen LogP) is 3.49. The maximum Gasteiger partial charge on any atom is 0.307 e. The van der Waals surface area contributed by atoms with E-state index in [1.54, 1.807) is 6.26 Å². The Kier molecular flexibility index (Phi) is 2.92. The molecular weight excluding hydrogens is 216 g/mol. The molecule has 0 atom stereocenters. The fourth-order valence-corrected chi connectivity index (χ4v) is 2.17. The van der Waals surface area contributed by atoms with Gasteiger partial charge in [0.25, 0.3) is 0 Å². The summed E-state index contributed by atoms with van der Waals surface area (Å²) in [5, 5.41) is 9.75. The van der Waals surface area contributed by atoms with E-state index in [1.165, 1.54) is 11.1 Å². The lowest BCUT2D eigenvalue weighted by Gasteiger charge is -2.09. The molecule has 0 bridgehead atoms. The largest absolute Gasteiger partial charge is 0.481 e. The molecule has 0 aliphatic heterocycles. The van der Waals surface area contributed by atoms with Crippen molar-refractivity contribution in [1.82, 2.24) is 0 Å². The molecular formula is C14H16O3. The van der Waals surface area contributed by atoms with Gasteiger partial charge in [0.1, 0.15) is 5.58 Å². The van der Waals surface area contributed by atoms with Crippen LogP contribution in [0.4, 0.5) is 0 Å². The molecule has 2 rings (SSSR count). The van der Waals surface area contributed by atoms with Crippen molar-refractivity contribution in [3.05, 3.63) is 35.1 Å². The Morgan fingerprint density at radius 3 is 2.71 bits per heavy atom. The van der Waals surface area contributed by atoms with Gasteiger partial charge in [-0.1, -0.05) is 13.8 Å². The first-order valence-electron chi connectivity index (χ1n) is 5.71. The fraction of sp³-hybridized carbons (Fsp3) is 0.357. The molecule has 0 unspecified atom stereocenters. The van der Waals surface area contributed by atoms with Gasteiger partial charge in [-0.15, -0.1) is 0 Å². The Hall–Kier alpha value is -1.77. The summed E-state index contributed by atoms with van der Waals surface area (Å²) in [5.74, 6) is -0.411. The number of carboxylic acids is 1. The van der Waals surface area contributed by atoms with Crippen LogP contribution in [-0.2, 0) is 11.2 Å². The van der Waals surface area contributed by atoms with Crippen LogP contribution in [0.1, 0.15) is 36.5 Å². The average molecular weight is 232 g/mol. The monoisotopic (exact) mass is 232 g/mol. The zero-order chi connectivity index (χ0) is 12.6. The Morgan fingerprint density at radius 2 is 2.12 bits per heavy atom. The zero-order valence-electron chi connectivity index (χ0n) is 10.3. The lowest BCUT2D eigenvalue weighted by Crippen LogP contribution is -1.99. The molecule has 0 saturated carbocycles. The van der Waals surface area contributed by atoms with Gasteiger partial charge in [-0.05, 0) is 36.1 Å². The third kappa shape index (κ3) is 2.18. The molecule has 1 heterocycles. The van der Waals surface area contributed by atoms with Crippen LogP contribution in [0.3, 0.4) is 0 Å². The van der Waals surface area contributed by atoms with E-state index < -0.39 is 5.97 Å². The lowest BCUT2D eigenvalue weighted by atomic mass is 9.95. The summed E-state index contributed by atoms with van der Waals surface area (Å²) in [7, 11) is 0. The molecule has 0 amide bonds. The van der Waals surface area contributed by atoms with Gasteiger partial charge in [-0.3, -0.25) is 4.79 Å². The summed E-state index contributed by atoms with van der Waals surface area (Å²) >= 11 is 0. The van der Waals surface area contributed by atoms with Crippen LogP contribution in [0.15, 0.2) is 22.8 Å². The standard InChI is InChI=1S/C14H16O3/c1-8(2)11-6-12-10(5-14(15)16)7-17-13(12)4-9(11)3/h4,6-8H,5H2,1-3H3,(H,15,16). The number of hydrogen-bond donors (Lipinski definition) is 1. The molecule has 0 aliphatic carbocycles. The topological polar surface area (TPSA) is 50.4 Å². The molecule has 1 N–H and O–H groups in total. The van der Waals surface area contributed by atoms with Crippen LogP contribution in [0.2, 0.25) is 0 Å². The molecule has 17 heavy (non-hydrogen) atoms. The van der Waals surface area contributed by atoms with Crippen molar-refractivity contribution in [1.29, 1.82) is 0 Å². The summed E-state index contributed by atoms with van der Waals surface area (Å²) in [6.45, 7) is 6.31. The second kappa shape index (κ2) is 4.24. The zero-order valence-corrected chi connectivity index (χ0v) is 10.3. The summed E-state index contributed by atoms with van der Waals surface area (Å²) in [6.07, 6.45) is 1.55. The lowest BCUT2D eigenvalue weighted by molar-refractivity contribution is -0.136. The molecule has 0 aliphatic rings. The van der Waals surface area contributed by atoms with Gasteiger partial charge in [0.2, 0.25) is 0 Å². The second-order valence-electron chi connectivity index (χ2n) is 4.69. The number of furan rings is 1. The van der Waals surface area contributed by atoms with Crippen LogP contribution in [-0.4, -0.2) is 11.1 Å². The van der Waals surface area contributed by atoms with Crippen LogP contribution in [0.5, 0.6) is 0 Å². The Bertz CT molecular complexity index is 564. The molecule has 3 nitrogen and oxygen atoms in total. The van der Waals surface area contributed by atoms with Crippen molar-refractivity contribution in [3.8, 4) is 0 Å². The number of carbonyl (C=O) groups is 1. The molecule has 0 radical (unpaired) electrons. The van der Waals surface area contributed by atoms with Crippen LogP contribution < -0.4 is 0 Å². The molecule has 1 aromatic heterocycles. The number of rotatable bonds is 3. The third-order valence-electron chi connectivity index (χ3n) is 3.01. The highest BCUT2D eigenvalue weighted by molar-refractivity contribution is 5.86. The molecule has 2 aromatic rings. The summed E-state index contributed by atoms with van der Waals surface area (Å²) < 4.78 is 5.40. The van der Waals surface area contributed by atoms with Crippen molar-refractivity contribution >= 4 is 16.9 Å². The minimum Gasteiger partial charge on any atom is -0.481 e. The summed E-state index contributed by atoms with van der Waals surface area (Å²) in [5.41, 5.74) is 3.94.